The molecule has 2 atom stereocenters. The molecule has 0 aliphatic carbocycles. The summed E-state index contributed by atoms with van der Waals surface area (Å²) in [5.74, 6) is -0.602. The number of phosphoric acid groups is 1. The van der Waals surface area contributed by atoms with Crippen molar-refractivity contribution in [2.24, 2.45) is 0 Å². The number of esters is 1. The molecule has 0 bridgehead atoms. The minimum absolute atomic E-state index is 0.0416. The fourth-order valence-electron chi connectivity index (χ4n) is 3.16. The topological polar surface area (TPSA) is 102 Å². The Hall–Kier alpha value is -1.02. The van der Waals surface area contributed by atoms with Gasteiger partial charge in [0.2, 0.25) is 0 Å². The van der Waals surface area contributed by atoms with Crippen molar-refractivity contribution in [2.75, 3.05) is 47.5 Å². The van der Waals surface area contributed by atoms with Crippen LogP contribution in [0.5, 0.6) is 0 Å². The Bertz CT molecular complexity index is 632. The molecular weight excluding hydrogens is 469 g/mol. The third-order valence-electron chi connectivity index (χ3n) is 5.32. The minimum atomic E-state index is -4.26. The lowest BCUT2D eigenvalue weighted by Crippen LogP contribution is -2.37. The van der Waals surface area contributed by atoms with Crippen LogP contribution in [0.15, 0.2) is 24.3 Å². The van der Waals surface area contributed by atoms with Gasteiger partial charge in [0.1, 0.15) is 25.9 Å². The summed E-state index contributed by atoms with van der Waals surface area (Å²) in [5.41, 5.74) is 0. The van der Waals surface area contributed by atoms with E-state index in [9.17, 15) is 19.4 Å². The molecule has 0 aromatic heterocycles. The largest absolute Gasteiger partial charge is 0.472 e. The number of hydrogen-bond acceptors (Lipinski definition) is 6. The normalized spacial score (nSPS) is 15.0. The quantitative estimate of drug-likeness (QED) is 0.0455. The van der Waals surface area contributed by atoms with E-state index in [-0.39, 0.29) is 13.2 Å². The molecule has 0 spiro atoms. The van der Waals surface area contributed by atoms with E-state index in [4.69, 9.17) is 13.8 Å². The van der Waals surface area contributed by atoms with E-state index in [1.807, 2.05) is 33.3 Å². The van der Waals surface area contributed by atoms with E-state index < -0.39 is 26.5 Å². The Morgan fingerprint density at radius 2 is 1.46 bits per heavy atom. The highest BCUT2D eigenvalue weighted by atomic mass is 31.2. The predicted molar refractivity (Wildman–Crippen MR) is 141 cm³/mol. The van der Waals surface area contributed by atoms with Crippen molar-refractivity contribution < 1.29 is 37.6 Å². The first-order chi connectivity index (χ1) is 16.6. The van der Waals surface area contributed by atoms with E-state index in [2.05, 4.69) is 6.92 Å². The Morgan fingerprint density at radius 1 is 0.886 bits per heavy atom. The van der Waals surface area contributed by atoms with Gasteiger partial charge in [0.05, 0.1) is 27.7 Å². The van der Waals surface area contributed by atoms with Gasteiger partial charge in [-0.05, 0) is 12.8 Å². The van der Waals surface area contributed by atoms with Crippen molar-refractivity contribution >= 4 is 13.8 Å². The molecule has 0 aliphatic heterocycles. The molecule has 0 radical (unpaired) electrons. The van der Waals surface area contributed by atoms with E-state index in [0.717, 1.165) is 12.8 Å². The van der Waals surface area contributed by atoms with E-state index in [1.165, 1.54) is 70.3 Å². The second kappa shape index (κ2) is 21.1. The zero-order valence-corrected chi connectivity index (χ0v) is 23.4. The number of nitrogens with zero attached hydrogens (tertiary/aromatic N) is 1. The van der Waals surface area contributed by atoms with Crippen LogP contribution in [0.3, 0.4) is 0 Å². The van der Waals surface area contributed by atoms with Crippen LogP contribution in [-0.4, -0.2) is 74.1 Å². The molecule has 0 aromatic rings. The Labute approximate surface area is 213 Å². The number of rotatable bonds is 23. The van der Waals surface area contributed by atoms with E-state index >= 15 is 0 Å². The number of unbranched alkanes of at least 4 members (excludes halogenated alkanes) is 11. The van der Waals surface area contributed by atoms with Crippen LogP contribution in [0, 0.1) is 0 Å². The van der Waals surface area contributed by atoms with Crippen LogP contribution in [-0.2, 0) is 23.1 Å². The number of hydrogen-bond donors (Lipinski definition) is 2. The number of aliphatic hydroxyl groups is 1. The van der Waals surface area contributed by atoms with Crippen LogP contribution in [0.4, 0.5) is 0 Å². The van der Waals surface area contributed by atoms with Gasteiger partial charge < -0.3 is 19.2 Å². The van der Waals surface area contributed by atoms with Crippen LogP contribution in [0.25, 0.3) is 0 Å². The molecule has 2 N–H and O–H groups in total. The van der Waals surface area contributed by atoms with Crippen LogP contribution in [0.2, 0.25) is 0 Å². The molecule has 35 heavy (non-hydrogen) atoms. The average molecular weight is 521 g/mol. The molecule has 206 valence electrons. The molecular formula is C26H51NO7P+. The highest BCUT2D eigenvalue weighted by Gasteiger charge is 2.24. The number of ether oxygens (including phenoxy) is 1. The summed E-state index contributed by atoms with van der Waals surface area (Å²) in [6.45, 7) is 1.99. The lowest BCUT2D eigenvalue weighted by atomic mass is 10.1. The maximum absolute atomic E-state index is 11.8. The summed E-state index contributed by atoms with van der Waals surface area (Å²) >= 11 is 0. The second-order valence-corrected chi connectivity index (χ2v) is 11.5. The van der Waals surface area contributed by atoms with Crippen molar-refractivity contribution in [3.63, 3.8) is 0 Å². The number of carbonyl (C=O) groups excluding carboxylic acids is 1. The molecule has 0 fully saturated rings. The molecule has 0 saturated carbocycles. The SMILES string of the molecule is CCCCCCCCCCCCCC=CC=CC(=O)OC[C@@H](O)COP(=O)(O)OCC[N+](C)(C)C. The molecule has 9 heteroatoms. The fourth-order valence-corrected chi connectivity index (χ4v) is 3.90. The van der Waals surface area contributed by atoms with Gasteiger partial charge in [0.25, 0.3) is 0 Å². The monoisotopic (exact) mass is 520 g/mol. The summed E-state index contributed by atoms with van der Waals surface area (Å²) < 4.78 is 26.9. The number of allylic oxidation sites excluding steroid dienone is 3. The second-order valence-electron chi connectivity index (χ2n) is 10.0. The first-order valence-corrected chi connectivity index (χ1v) is 14.7. The van der Waals surface area contributed by atoms with E-state index in [1.54, 1.807) is 6.08 Å². The van der Waals surface area contributed by atoms with Crippen molar-refractivity contribution in [3.8, 4) is 0 Å². The third kappa shape index (κ3) is 25.9. The number of phosphoric ester groups is 1. The number of quaternary nitrogens is 1. The van der Waals surface area contributed by atoms with Crippen LogP contribution < -0.4 is 0 Å². The van der Waals surface area contributed by atoms with Crippen LogP contribution in [0.1, 0.15) is 84.0 Å². The molecule has 0 heterocycles. The molecule has 0 rings (SSSR count). The predicted octanol–water partition coefficient (Wildman–Crippen LogP) is 5.54. The molecule has 0 amide bonds. The Balaban J connectivity index is 3.72. The maximum Gasteiger partial charge on any atom is 0.472 e. The zero-order valence-electron chi connectivity index (χ0n) is 22.5. The van der Waals surface area contributed by atoms with Gasteiger partial charge in [-0.1, -0.05) is 89.4 Å². The maximum atomic E-state index is 11.8. The van der Waals surface area contributed by atoms with Crippen molar-refractivity contribution in [2.45, 2.75) is 90.1 Å². The van der Waals surface area contributed by atoms with Gasteiger partial charge in [-0.2, -0.15) is 0 Å². The van der Waals surface area contributed by atoms with Crippen LogP contribution >= 0.6 is 7.82 Å². The third-order valence-corrected chi connectivity index (χ3v) is 6.30. The zero-order chi connectivity index (χ0) is 26.4. The first-order valence-electron chi connectivity index (χ1n) is 13.2. The highest BCUT2D eigenvalue weighted by molar-refractivity contribution is 7.47. The number of aliphatic hydroxyl groups excluding tert-OH is 1. The van der Waals surface area contributed by atoms with Gasteiger partial charge >= 0.3 is 13.8 Å². The summed E-state index contributed by atoms with van der Waals surface area (Å²) in [5, 5.41) is 9.79. The molecule has 1 unspecified atom stereocenters. The van der Waals surface area contributed by atoms with Gasteiger partial charge in [-0.3, -0.25) is 9.05 Å². The smallest absolute Gasteiger partial charge is 0.460 e. The fraction of sp³-hybridized carbons (Fsp3) is 0.808. The Morgan fingerprint density at radius 3 is 2.03 bits per heavy atom. The molecule has 0 saturated heterocycles. The summed E-state index contributed by atoms with van der Waals surface area (Å²) in [6.07, 6.45) is 21.0. The Kier molecular flexibility index (Phi) is 20.5. The minimum Gasteiger partial charge on any atom is -0.460 e. The van der Waals surface area contributed by atoms with Gasteiger partial charge in [0, 0.05) is 6.08 Å². The number of carbonyl (C=O) groups is 1. The van der Waals surface area contributed by atoms with Crippen molar-refractivity contribution in [1.82, 2.24) is 0 Å². The lowest BCUT2D eigenvalue weighted by molar-refractivity contribution is -0.870. The molecule has 0 aromatic carbocycles. The summed E-state index contributed by atoms with van der Waals surface area (Å²) in [6, 6.07) is 0. The van der Waals surface area contributed by atoms with E-state index in [0.29, 0.717) is 11.0 Å². The average Bonchev–Trinajstić information content (AvgIpc) is 2.78. The first kappa shape index (κ1) is 34.0. The molecule has 8 nitrogen and oxygen atoms in total. The summed E-state index contributed by atoms with van der Waals surface area (Å²) in [7, 11) is 1.51. The standard InChI is InChI=1S/C26H50NO7P/c1-5-6-7-8-9-10-11-12-13-14-15-16-17-18-19-20-26(29)32-23-25(28)24-34-35(30,31)33-22-21-27(2,3)4/h17-20,25,28H,5-16,21-24H2,1-4H3/p+1/t25-/m1/s1. The highest BCUT2D eigenvalue weighted by Crippen LogP contribution is 2.43. The van der Waals surface area contributed by atoms with Gasteiger partial charge in [-0.15, -0.1) is 0 Å². The summed E-state index contributed by atoms with van der Waals surface area (Å²) in [4.78, 5) is 21.3. The van der Waals surface area contributed by atoms with Crippen molar-refractivity contribution in [3.05, 3.63) is 24.3 Å². The van der Waals surface area contributed by atoms with Crippen molar-refractivity contribution in [1.29, 1.82) is 0 Å². The van der Waals surface area contributed by atoms with Gasteiger partial charge in [0.15, 0.2) is 0 Å². The number of likely N-dealkylation sites (N-methyl/N-ethyl adjacent to an activating group) is 1. The van der Waals surface area contributed by atoms with Gasteiger partial charge in [-0.25, -0.2) is 9.36 Å². The lowest BCUT2D eigenvalue weighted by Gasteiger charge is -2.24. The molecule has 0 aliphatic rings.